The molecule has 5 nitrogen and oxygen atoms in total. The van der Waals surface area contributed by atoms with Crippen LogP contribution in [0.25, 0.3) is 11.4 Å². The van der Waals surface area contributed by atoms with Gasteiger partial charge in [-0.05, 0) is 19.8 Å². The van der Waals surface area contributed by atoms with Crippen molar-refractivity contribution in [2.75, 3.05) is 0 Å². The summed E-state index contributed by atoms with van der Waals surface area (Å²) in [7, 11) is 0. The minimum atomic E-state index is -0.194. The van der Waals surface area contributed by atoms with Crippen LogP contribution < -0.4 is 10.9 Å². The molecule has 0 spiro atoms. The maximum Gasteiger partial charge on any atom is 0.254 e. The lowest BCUT2D eigenvalue weighted by molar-refractivity contribution is -0.122. The SMILES string of the molecule is Cc1cc(=O)n(CC(=O)NC2CCCCC2)c(-c2ccccc2)n1. The Kier molecular flexibility index (Phi) is 5.08. The molecule has 1 aromatic heterocycles. The molecule has 1 aliphatic carbocycles. The fourth-order valence-corrected chi connectivity index (χ4v) is 3.24. The summed E-state index contributed by atoms with van der Waals surface area (Å²) in [6.45, 7) is 1.80. The zero-order chi connectivity index (χ0) is 16.9. The highest BCUT2D eigenvalue weighted by Gasteiger charge is 2.18. The number of hydrogen-bond acceptors (Lipinski definition) is 3. The first-order chi connectivity index (χ1) is 11.6. The molecule has 1 aromatic carbocycles. The van der Waals surface area contributed by atoms with Gasteiger partial charge in [0.25, 0.3) is 5.56 Å². The quantitative estimate of drug-likeness (QED) is 0.940. The van der Waals surface area contributed by atoms with E-state index in [4.69, 9.17) is 0 Å². The van der Waals surface area contributed by atoms with Crippen molar-refractivity contribution in [2.45, 2.75) is 51.6 Å². The van der Waals surface area contributed by atoms with E-state index in [0.29, 0.717) is 11.5 Å². The lowest BCUT2D eigenvalue weighted by atomic mass is 9.95. The van der Waals surface area contributed by atoms with Crippen molar-refractivity contribution in [3.05, 3.63) is 52.4 Å². The van der Waals surface area contributed by atoms with Gasteiger partial charge in [0.15, 0.2) is 0 Å². The summed E-state index contributed by atoms with van der Waals surface area (Å²) in [5, 5.41) is 3.06. The average Bonchev–Trinajstić information content (AvgIpc) is 2.59. The van der Waals surface area contributed by atoms with Crippen molar-refractivity contribution in [3.8, 4) is 11.4 Å². The smallest absolute Gasteiger partial charge is 0.254 e. The summed E-state index contributed by atoms with van der Waals surface area (Å²) < 4.78 is 1.46. The number of aromatic nitrogens is 2. The molecule has 5 heteroatoms. The number of hydrogen-bond donors (Lipinski definition) is 1. The van der Waals surface area contributed by atoms with E-state index < -0.39 is 0 Å². The minimum absolute atomic E-state index is 0.00679. The summed E-state index contributed by atoms with van der Waals surface area (Å²) in [6.07, 6.45) is 5.61. The number of carbonyl (C=O) groups excluding carboxylic acids is 1. The summed E-state index contributed by atoms with van der Waals surface area (Å²) in [6, 6.07) is 11.2. The van der Waals surface area contributed by atoms with Crippen LogP contribution in [0.1, 0.15) is 37.8 Å². The van der Waals surface area contributed by atoms with Crippen molar-refractivity contribution in [1.29, 1.82) is 0 Å². The topological polar surface area (TPSA) is 64.0 Å². The Morgan fingerprint density at radius 2 is 1.92 bits per heavy atom. The van der Waals surface area contributed by atoms with Crippen LogP contribution in [0.5, 0.6) is 0 Å². The molecule has 0 aliphatic heterocycles. The summed E-state index contributed by atoms with van der Waals surface area (Å²) in [5.74, 6) is 0.422. The van der Waals surface area contributed by atoms with E-state index in [-0.39, 0.29) is 24.1 Å². The number of nitrogens with zero attached hydrogens (tertiary/aromatic N) is 2. The number of aryl methyl sites for hydroxylation is 1. The molecule has 0 radical (unpaired) electrons. The van der Waals surface area contributed by atoms with Crippen LogP contribution >= 0.6 is 0 Å². The van der Waals surface area contributed by atoms with Gasteiger partial charge in [0.2, 0.25) is 5.91 Å². The highest BCUT2D eigenvalue weighted by atomic mass is 16.2. The number of rotatable bonds is 4. The molecule has 1 amide bonds. The fraction of sp³-hybridized carbons (Fsp3) is 0.421. The van der Waals surface area contributed by atoms with E-state index in [1.807, 2.05) is 30.3 Å². The molecule has 1 heterocycles. The second-order valence-corrected chi connectivity index (χ2v) is 6.41. The molecule has 1 N–H and O–H groups in total. The van der Waals surface area contributed by atoms with Crippen molar-refractivity contribution < 1.29 is 4.79 Å². The third-order valence-electron chi connectivity index (χ3n) is 4.44. The minimum Gasteiger partial charge on any atom is -0.352 e. The van der Waals surface area contributed by atoms with E-state index in [1.54, 1.807) is 6.92 Å². The molecule has 0 atom stereocenters. The Labute approximate surface area is 141 Å². The summed E-state index contributed by atoms with van der Waals surface area (Å²) in [5.41, 5.74) is 1.30. The van der Waals surface area contributed by atoms with E-state index in [2.05, 4.69) is 10.3 Å². The zero-order valence-corrected chi connectivity index (χ0v) is 14.0. The van der Waals surface area contributed by atoms with Crippen molar-refractivity contribution in [1.82, 2.24) is 14.9 Å². The van der Waals surface area contributed by atoms with Gasteiger partial charge in [-0.25, -0.2) is 4.98 Å². The maximum atomic E-state index is 12.4. The first kappa shape index (κ1) is 16.4. The van der Waals surface area contributed by atoms with E-state index in [0.717, 1.165) is 31.2 Å². The molecule has 126 valence electrons. The predicted octanol–water partition coefficient (Wildman–Crippen LogP) is 2.67. The summed E-state index contributed by atoms with van der Waals surface area (Å²) >= 11 is 0. The zero-order valence-electron chi connectivity index (χ0n) is 14.0. The standard InChI is InChI=1S/C19H23N3O2/c1-14-12-18(24)22(19(20-14)15-8-4-2-5-9-15)13-17(23)21-16-10-6-3-7-11-16/h2,4-5,8-9,12,16H,3,6-7,10-11,13H2,1H3,(H,21,23). The van der Waals surface area contributed by atoms with Crippen LogP contribution in [0.3, 0.4) is 0 Å². The molecular formula is C19H23N3O2. The highest BCUT2D eigenvalue weighted by molar-refractivity contribution is 5.76. The summed E-state index contributed by atoms with van der Waals surface area (Å²) in [4.78, 5) is 29.3. The van der Waals surface area contributed by atoms with Gasteiger partial charge >= 0.3 is 0 Å². The van der Waals surface area contributed by atoms with Gasteiger partial charge in [-0.1, -0.05) is 49.6 Å². The van der Waals surface area contributed by atoms with Gasteiger partial charge < -0.3 is 5.32 Å². The number of carbonyl (C=O) groups is 1. The molecule has 3 rings (SSSR count). The van der Waals surface area contributed by atoms with Crippen LogP contribution in [-0.4, -0.2) is 21.5 Å². The first-order valence-electron chi connectivity index (χ1n) is 8.57. The van der Waals surface area contributed by atoms with Gasteiger partial charge in [-0.2, -0.15) is 0 Å². The van der Waals surface area contributed by atoms with Crippen LogP contribution in [0.2, 0.25) is 0 Å². The molecule has 2 aromatic rings. The Morgan fingerprint density at radius 1 is 1.21 bits per heavy atom. The van der Waals surface area contributed by atoms with Gasteiger partial charge in [0, 0.05) is 23.4 Å². The Morgan fingerprint density at radius 3 is 2.62 bits per heavy atom. The van der Waals surface area contributed by atoms with E-state index >= 15 is 0 Å². The Balaban J connectivity index is 1.84. The van der Waals surface area contributed by atoms with E-state index in [9.17, 15) is 9.59 Å². The van der Waals surface area contributed by atoms with Crippen LogP contribution in [0, 0.1) is 6.92 Å². The van der Waals surface area contributed by atoms with Crippen molar-refractivity contribution in [3.63, 3.8) is 0 Å². The van der Waals surface area contributed by atoms with Gasteiger partial charge in [0.1, 0.15) is 12.4 Å². The molecule has 0 bridgehead atoms. The van der Waals surface area contributed by atoms with Crippen molar-refractivity contribution in [2.24, 2.45) is 0 Å². The molecule has 1 saturated carbocycles. The second kappa shape index (κ2) is 7.43. The van der Waals surface area contributed by atoms with Gasteiger partial charge in [-0.15, -0.1) is 0 Å². The first-order valence-corrected chi connectivity index (χ1v) is 8.57. The highest BCUT2D eigenvalue weighted by Crippen LogP contribution is 2.18. The maximum absolute atomic E-state index is 12.4. The number of amides is 1. The monoisotopic (exact) mass is 325 g/mol. The fourth-order valence-electron chi connectivity index (χ4n) is 3.24. The molecule has 0 unspecified atom stereocenters. The molecule has 1 fully saturated rings. The van der Waals surface area contributed by atoms with Crippen LogP contribution in [0.4, 0.5) is 0 Å². The third-order valence-corrected chi connectivity index (χ3v) is 4.44. The lowest BCUT2D eigenvalue weighted by Gasteiger charge is -2.23. The van der Waals surface area contributed by atoms with Crippen molar-refractivity contribution >= 4 is 5.91 Å². The van der Waals surface area contributed by atoms with Crippen LogP contribution in [-0.2, 0) is 11.3 Å². The van der Waals surface area contributed by atoms with Gasteiger partial charge in [0.05, 0.1) is 0 Å². The average molecular weight is 325 g/mol. The predicted molar refractivity (Wildman–Crippen MR) is 93.7 cm³/mol. The van der Waals surface area contributed by atoms with E-state index in [1.165, 1.54) is 17.1 Å². The second-order valence-electron chi connectivity index (χ2n) is 6.41. The number of benzene rings is 1. The third kappa shape index (κ3) is 3.91. The molecule has 24 heavy (non-hydrogen) atoms. The molecule has 0 saturated heterocycles. The largest absolute Gasteiger partial charge is 0.352 e. The Bertz CT molecular complexity index is 762. The lowest BCUT2D eigenvalue weighted by Crippen LogP contribution is -2.40. The number of nitrogens with one attached hydrogen (secondary N) is 1. The van der Waals surface area contributed by atoms with Gasteiger partial charge in [-0.3, -0.25) is 14.2 Å². The van der Waals surface area contributed by atoms with Crippen LogP contribution in [0.15, 0.2) is 41.2 Å². The normalized spacial score (nSPS) is 15.2. The molecule has 1 aliphatic rings. The Hall–Kier alpha value is -2.43. The molecular weight excluding hydrogens is 302 g/mol.